The van der Waals surface area contributed by atoms with Gasteiger partial charge in [0.25, 0.3) is 5.56 Å². The zero-order valence-corrected chi connectivity index (χ0v) is 17.8. The Balaban J connectivity index is 1.34. The van der Waals surface area contributed by atoms with Crippen LogP contribution >= 0.6 is 0 Å². The minimum atomic E-state index is -0.966. The maximum Gasteiger partial charge on any atom is 0.275 e. The van der Waals surface area contributed by atoms with Crippen molar-refractivity contribution < 1.29 is 13.6 Å². The molecule has 0 aliphatic heterocycles. The Hall–Kier alpha value is -4.93. The van der Waals surface area contributed by atoms with Crippen LogP contribution < -0.4 is 5.56 Å². The van der Waals surface area contributed by atoms with Crippen molar-refractivity contribution in [2.24, 2.45) is 0 Å². The summed E-state index contributed by atoms with van der Waals surface area (Å²) in [7, 11) is 0. The highest BCUT2D eigenvalue weighted by Gasteiger charge is 2.22. The van der Waals surface area contributed by atoms with Crippen LogP contribution in [0, 0.1) is 11.6 Å². The zero-order chi connectivity index (χ0) is 24.1. The van der Waals surface area contributed by atoms with Gasteiger partial charge in [-0.1, -0.05) is 6.07 Å². The van der Waals surface area contributed by atoms with Crippen LogP contribution in [0.4, 0.5) is 8.78 Å². The molecule has 35 heavy (non-hydrogen) atoms. The first kappa shape index (κ1) is 20.7. The highest BCUT2D eigenvalue weighted by atomic mass is 19.1. The number of H-pyrrole nitrogens is 3. The van der Waals surface area contributed by atoms with E-state index in [0.717, 1.165) is 23.3 Å². The van der Waals surface area contributed by atoms with E-state index in [1.807, 2.05) is 6.07 Å². The Bertz CT molecular complexity index is 1780. The third-order valence-electron chi connectivity index (χ3n) is 5.79. The molecular formula is C24H15F2N7O2. The maximum atomic E-state index is 14.1. The van der Waals surface area contributed by atoms with Gasteiger partial charge in [-0.2, -0.15) is 5.10 Å². The summed E-state index contributed by atoms with van der Waals surface area (Å²) in [6.07, 6.45) is 7.92. The van der Waals surface area contributed by atoms with E-state index in [-0.39, 0.29) is 23.0 Å². The summed E-state index contributed by atoms with van der Waals surface area (Å²) in [4.78, 5) is 40.6. The number of fused-ring (bicyclic) bond motifs is 2. The molecule has 0 spiro atoms. The molecule has 6 aromatic rings. The first-order chi connectivity index (χ1) is 17.0. The number of carbonyl (C=O) groups is 1. The molecule has 0 unspecified atom stereocenters. The lowest BCUT2D eigenvalue weighted by molar-refractivity contribution is 0.103. The van der Waals surface area contributed by atoms with Gasteiger partial charge < -0.3 is 14.5 Å². The van der Waals surface area contributed by atoms with Gasteiger partial charge in [0.15, 0.2) is 5.65 Å². The molecule has 0 fully saturated rings. The maximum absolute atomic E-state index is 14.1. The van der Waals surface area contributed by atoms with Crippen molar-refractivity contribution in [2.75, 3.05) is 0 Å². The van der Waals surface area contributed by atoms with E-state index in [0.29, 0.717) is 17.0 Å². The van der Waals surface area contributed by atoms with Crippen LogP contribution in [-0.2, 0) is 6.54 Å². The summed E-state index contributed by atoms with van der Waals surface area (Å²) >= 11 is 0. The zero-order valence-electron chi connectivity index (χ0n) is 17.8. The Kier molecular flexibility index (Phi) is 4.62. The van der Waals surface area contributed by atoms with Crippen LogP contribution in [0.1, 0.15) is 21.7 Å². The summed E-state index contributed by atoms with van der Waals surface area (Å²) in [5.74, 6) is -2.27. The normalized spacial score (nSPS) is 11.5. The molecule has 0 saturated carbocycles. The fourth-order valence-electron chi connectivity index (χ4n) is 4.07. The van der Waals surface area contributed by atoms with Crippen LogP contribution in [-0.4, -0.2) is 40.5 Å². The lowest BCUT2D eigenvalue weighted by Gasteiger charge is -2.05. The number of halogens is 2. The summed E-state index contributed by atoms with van der Waals surface area (Å²) in [6, 6.07) is 6.65. The molecule has 0 aliphatic rings. The van der Waals surface area contributed by atoms with Gasteiger partial charge in [0.2, 0.25) is 5.78 Å². The molecule has 5 heterocycles. The molecule has 0 atom stereocenters. The van der Waals surface area contributed by atoms with Crippen LogP contribution in [0.2, 0.25) is 0 Å². The molecule has 0 aliphatic carbocycles. The number of rotatable bonds is 5. The minimum absolute atomic E-state index is 0.00737. The first-order valence-electron chi connectivity index (χ1n) is 10.5. The number of benzene rings is 1. The van der Waals surface area contributed by atoms with Crippen molar-refractivity contribution in [3.8, 4) is 11.1 Å². The van der Waals surface area contributed by atoms with E-state index in [1.54, 1.807) is 24.7 Å². The molecule has 5 aromatic heterocycles. The Morgan fingerprint density at radius 2 is 1.89 bits per heavy atom. The predicted molar refractivity (Wildman–Crippen MR) is 123 cm³/mol. The van der Waals surface area contributed by atoms with Crippen LogP contribution in [0.15, 0.2) is 66.1 Å². The second-order valence-electron chi connectivity index (χ2n) is 7.93. The molecule has 172 valence electrons. The average Bonchev–Trinajstić information content (AvgIpc) is 3.59. The second kappa shape index (κ2) is 7.83. The lowest BCUT2D eigenvalue weighted by atomic mass is 10.0. The van der Waals surface area contributed by atoms with Gasteiger partial charge in [0, 0.05) is 46.9 Å². The molecule has 0 saturated heterocycles. The standard InChI is InChI=1S/C24H15F2N7O2/c25-16-2-1-3-17(26)20(16)22(34)15-10-27-21-14(15)4-5-33(24(21)35)11-19-31-18-6-12(7-28-23(18)32-19)13-8-29-30-9-13/h1-10,27H,11H2,(H,29,30)(H,28,31,32). The fourth-order valence-corrected chi connectivity index (χ4v) is 4.07. The lowest BCUT2D eigenvalue weighted by Crippen LogP contribution is -2.20. The van der Waals surface area contributed by atoms with Gasteiger partial charge in [-0.3, -0.25) is 14.7 Å². The summed E-state index contributed by atoms with van der Waals surface area (Å²) in [5, 5.41) is 6.96. The second-order valence-corrected chi connectivity index (χ2v) is 7.93. The van der Waals surface area contributed by atoms with Crippen molar-refractivity contribution in [3.05, 3.63) is 100 Å². The smallest absolute Gasteiger partial charge is 0.275 e. The number of nitrogens with zero attached hydrogens (tertiary/aromatic N) is 4. The van der Waals surface area contributed by atoms with Gasteiger partial charge in [-0.25, -0.2) is 18.7 Å². The number of carbonyl (C=O) groups excluding carboxylic acids is 1. The average molecular weight is 471 g/mol. The largest absolute Gasteiger partial charge is 0.356 e. The summed E-state index contributed by atoms with van der Waals surface area (Å²) in [5.41, 5.74) is 2.01. The van der Waals surface area contributed by atoms with Crippen LogP contribution in [0.5, 0.6) is 0 Å². The molecule has 3 N–H and O–H groups in total. The topological polar surface area (TPSA) is 125 Å². The Morgan fingerprint density at radius 3 is 2.66 bits per heavy atom. The number of hydrogen-bond acceptors (Lipinski definition) is 5. The van der Waals surface area contributed by atoms with E-state index in [2.05, 4.69) is 30.1 Å². The minimum Gasteiger partial charge on any atom is -0.356 e. The van der Waals surface area contributed by atoms with Gasteiger partial charge >= 0.3 is 0 Å². The SMILES string of the molecule is O=C(c1c(F)cccc1F)c1c[nH]c2c(=O)n(Cc3nc4ncc(-c5cn[nH]c5)cc4[nH]3)ccc12. The number of pyridine rings is 2. The monoisotopic (exact) mass is 471 g/mol. The number of ketones is 1. The predicted octanol–water partition coefficient (Wildman–Crippen LogP) is 3.55. The third-order valence-corrected chi connectivity index (χ3v) is 5.79. The van der Waals surface area contributed by atoms with E-state index in [4.69, 9.17) is 0 Å². The molecule has 0 radical (unpaired) electrons. The third kappa shape index (κ3) is 3.41. The number of nitrogens with one attached hydrogen (secondary N) is 3. The summed E-state index contributed by atoms with van der Waals surface area (Å²) in [6.45, 7) is 0.121. The first-order valence-corrected chi connectivity index (χ1v) is 10.5. The number of aromatic nitrogens is 7. The Morgan fingerprint density at radius 1 is 1.06 bits per heavy atom. The van der Waals surface area contributed by atoms with Gasteiger partial charge in [-0.05, 0) is 24.3 Å². The Labute approximate surface area is 194 Å². The van der Waals surface area contributed by atoms with Crippen molar-refractivity contribution >= 4 is 27.9 Å². The molecule has 0 bridgehead atoms. The molecule has 6 rings (SSSR count). The highest BCUT2D eigenvalue weighted by molar-refractivity contribution is 6.16. The van der Waals surface area contributed by atoms with Crippen LogP contribution in [0.25, 0.3) is 33.2 Å². The van der Waals surface area contributed by atoms with E-state index in [1.165, 1.54) is 23.0 Å². The molecule has 11 heteroatoms. The molecule has 1 aromatic carbocycles. The number of imidazole rings is 1. The number of hydrogen-bond donors (Lipinski definition) is 3. The van der Waals surface area contributed by atoms with Gasteiger partial charge in [0.1, 0.15) is 23.0 Å². The number of aromatic amines is 3. The molecular weight excluding hydrogens is 456 g/mol. The van der Waals surface area contributed by atoms with Crippen molar-refractivity contribution in [3.63, 3.8) is 0 Å². The van der Waals surface area contributed by atoms with E-state index in [9.17, 15) is 18.4 Å². The van der Waals surface area contributed by atoms with E-state index >= 15 is 0 Å². The fraction of sp³-hybridized carbons (Fsp3) is 0.0417. The molecule has 9 nitrogen and oxygen atoms in total. The van der Waals surface area contributed by atoms with Crippen LogP contribution in [0.3, 0.4) is 0 Å². The van der Waals surface area contributed by atoms with Crippen molar-refractivity contribution in [1.29, 1.82) is 0 Å². The molecule has 0 amide bonds. The highest BCUT2D eigenvalue weighted by Crippen LogP contribution is 2.23. The van der Waals surface area contributed by atoms with E-state index < -0.39 is 28.5 Å². The van der Waals surface area contributed by atoms with Crippen molar-refractivity contribution in [2.45, 2.75) is 6.54 Å². The van der Waals surface area contributed by atoms with Crippen molar-refractivity contribution in [1.82, 2.24) is 34.7 Å². The quantitative estimate of drug-likeness (QED) is 0.332. The van der Waals surface area contributed by atoms with Gasteiger partial charge in [0.05, 0.1) is 23.8 Å². The van der Waals surface area contributed by atoms with Gasteiger partial charge in [-0.15, -0.1) is 0 Å². The summed E-state index contributed by atoms with van der Waals surface area (Å²) < 4.78 is 29.6.